The third-order valence-corrected chi connectivity index (χ3v) is 4.16. The number of nitrogens with two attached hydrogens (primary N) is 2. The number of hydrogen-bond donors (Lipinski definition) is 3. The number of nitrogen functional groups attached to an aromatic ring is 2. The second-order valence-corrected chi connectivity index (χ2v) is 6.51. The predicted molar refractivity (Wildman–Crippen MR) is 115 cm³/mol. The van der Waals surface area contributed by atoms with Gasteiger partial charge in [-0.3, -0.25) is 4.98 Å². The number of hydrogen-bond acceptors (Lipinski definition) is 7. The Morgan fingerprint density at radius 3 is 2.45 bits per heavy atom. The van der Waals surface area contributed by atoms with Gasteiger partial charge in [0.15, 0.2) is 0 Å². The molecule has 0 saturated carbocycles. The van der Waals surface area contributed by atoms with E-state index in [1.165, 1.54) is 0 Å². The summed E-state index contributed by atoms with van der Waals surface area (Å²) in [7, 11) is 0. The maximum Gasteiger partial charge on any atom is 0.222 e. The van der Waals surface area contributed by atoms with Gasteiger partial charge in [-0.2, -0.15) is 4.98 Å². The van der Waals surface area contributed by atoms with E-state index in [1.807, 2.05) is 73.7 Å². The zero-order valence-electron chi connectivity index (χ0n) is 15.8. The van der Waals surface area contributed by atoms with Gasteiger partial charge < -0.3 is 21.5 Å². The number of nitrogens with zero attached hydrogens (tertiary/aromatic N) is 3. The summed E-state index contributed by atoms with van der Waals surface area (Å²) in [4.78, 5) is 12.7. The van der Waals surface area contributed by atoms with E-state index in [0.717, 1.165) is 28.4 Å². The van der Waals surface area contributed by atoms with Gasteiger partial charge in [0.2, 0.25) is 5.95 Å². The van der Waals surface area contributed by atoms with Gasteiger partial charge in [-0.25, -0.2) is 4.98 Å². The fourth-order valence-corrected chi connectivity index (χ4v) is 2.85. The molecule has 7 heteroatoms. The molecule has 2 aromatic carbocycles. The number of aryl methyl sites for hydroxylation is 1. The number of rotatable bonds is 5. The van der Waals surface area contributed by atoms with Gasteiger partial charge in [0, 0.05) is 41.0 Å². The average molecular weight is 384 g/mol. The molecule has 2 heterocycles. The minimum atomic E-state index is 0.181. The summed E-state index contributed by atoms with van der Waals surface area (Å²) in [5.41, 5.74) is 15.7. The molecule has 2 aromatic heterocycles. The summed E-state index contributed by atoms with van der Waals surface area (Å²) < 4.78 is 5.85. The Labute approximate surface area is 168 Å². The number of benzene rings is 2. The van der Waals surface area contributed by atoms with E-state index in [9.17, 15) is 0 Å². The molecule has 0 unspecified atom stereocenters. The fourth-order valence-electron chi connectivity index (χ4n) is 2.85. The predicted octanol–water partition coefficient (Wildman–Crippen LogP) is 4.55. The molecule has 5 N–H and O–H groups in total. The highest BCUT2D eigenvalue weighted by atomic mass is 16.5. The average Bonchev–Trinajstić information content (AvgIpc) is 2.69. The van der Waals surface area contributed by atoms with E-state index in [0.29, 0.717) is 17.2 Å². The topological polar surface area (TPSA) is 112 Å². The molecule has 29 heavy (non-hydrogen) atoms. The quantitative estimate of drug-likeness (QED) is 0.433. The first-order chi connectivity index (χ1) is 14.0. The highest BCUT2D eigenvalue weighted by Crippen LogP contribution is 2.26. The molecule has 0 aliphatic carbocycles. The smallest absolute Gasteiger partial charge is 0.222 e. The van der Waals surface area contributed by atoms with Crippen molar-refractivity contribution in [1.29, 1.82) is 0 Å². The lowest BCUT2D eigenvalue weighted by molar-refractivity contribution is 0.481. The maximum atomic E-state index is 5.89. The number of ether oxygens (including phenoxy) is 1. The molecule has 0 atom stereocenters. The van der Waals surface area contributed by atoms with Gasteiger partial charge in [-0.15, -0.1) is 0 Å². The Hall–Kier alpha value is -4.13. The first kappa shape index (κ1) is 18.2. The fraction of sp³-hybridized carbons (Fsp3) is 0.0455. The normalized spacial score (nSPS) is 10.5. The lowest BCUT2D eigenvalue weighted by Crippen LogP contribution is -2.01. The van der Waals surface area contributed by atoms with Crippen molar-refractivity contribution in [1.82, 2.24) is 15.0 Å². The molecule has 0 fully saturated rings. The zero-order valence-corrected chi connectivity index (χ0v) is 15.8. The van der Waals surface area contributed by atoms with Crippen LogP contribution < -0.4 is 21.5 Å². The van der Waals surface area contributed by atoms with Crippen molar-refractivity contribution in [3.63, 3.8) is 0 Å². The van der Waals surface area contributed by atoms with E-state index in [2.05, 4.69) is 20.3 Å². The van der Waals surface area contributed by atoms with Crippen LogP contribution in [0.3, 0.4) is 0 Å². The molecule has 0 spiro atoms. The van der Waals surface area contributed by atoms with Crippen LogP contribution in [0.5, 0.6) is 11.5 Å². The Bertz CT molecular complexity index is 1140. The summed E-state index contributed by atoms with van der Waals surface area (Å²) >= 11 is 0. The molecule has 0 aliphatic heterocycles. The lowest BCUT2D eigenvalue weighted by Gasteiger charge is -2.10. The molecule has 7 nitrogen and oxygen atoms in total. The first-order valence-corrected chi connectivity index (χ1v) is 9.03. The van der Waals surface area contributed by atoms with Crippen molar-refractivity contribution in [3.05, 3.63) is 78.6 Å². The van der Waals surface area contributed by atoms with Gasteiger partial charge >= 0.3 is 0 Å². The van der Waals surface area contributed by atoms with Crippen molar-refractivity contribution in [2.45, 2.75) is 6.92 Å². The minimum absolute atomic E-state index is 0.181. The Balaban J connectivity index is 1.52. The summed E-state index contributed by atoms with van der Waals surface area (Å²) in [5, 5.41) is 3.24. The van der Waals surface area contributed by atoms with E-state index >= 15 is 0 Å². The zero-order chi connectivity index (χ0) is 20.2. The van der Waals surface area contributed by atoms with Crippen molar-refractivity contribution < 1.29 is 4.74 Å². The number of anilines is 4. The summed E-state index contributed by atoms with van der Waals surface area (Å²) in [5.74, 6) is 2.24. The van der Waals surface area contributed by atoms with Gasteiger partial charge in [0.05, 0.1) is 5.69 Å². The Kier molecular flexibility index (Phi) is 4.94. The van der Waals surface area contributed by atoms with Gasteiger partial charge in [0.25, 0.3) is 0 Å². The minimum Gasteiger partial charge on any atom is -0.457 e. The maximum absolute atomic E-state index is 5.89. The molecule has 144 valence electrons. The van der Waals surface area contributed by atoms with Crippen LogP contribution in [0.1, 0.15) is 5.69 Å². The van der Waals surface area contributed by atoms with Crippen LogP contribution in [0.25, 0.3) is 11.3 Å². The van der Waals surface area contributed by atoms with Crippen LogP contribution in [0.2, 0.25) is 0 Å². The van der Waals surface area contributed by atoms with E-state index in [4.69, 9.17) is 16.2 Å². The van der Waals surface area contributed by atoms with Crippen molar-refractivity contribution in [2.24, 2.45) is 0 Å². The molecular weight excluding hydrogens is 364 g/mol. The van der Waals surface area contributed by atoms with Crippen LogP contribution in [0.4, 0.5) is 23.1 Å². The van der Waals surface area contributed by atoms with Crippen LogP contribution in [0, 0.1) is 6.92 Å². The third-order valence-electron chi connectivity index (χ3n) is 4.16. The summed E-state index contributed by atoms with van der Waals surface area (Å²) in [6, 6.07) is 20.6. The highest BCUT2D eigenvalue weighted by molar-refractivity contribution is 5.69. The molecule has 4 aromatic rings. The van der Waals surface area contributed by atoms with Crippen molar-refractivity contribution >= 4 is 23.1 Å². The monoisotopic (exact) mass is 384 g/mol. The lowest BCUT2D eigenvalue weighted by atomic mass is 10.1. The van der Waals surface area contributed by atoms with Crippen LogP contribution in [0.15, 0.2) is 72.9 Å². The molecule has 0 aliphatic rings. The van der Waals surface area contributed by atoms with Crippen LogP contribution in [-0.4, -0.2) is 15.0 Å². The number of aromatic nitrogens is 3. The number of pyridine rings is 1. The van der Waals surface area contributed by atoms with Gasteiger partial charge in [-0.1, -0.05) is 12.1 Å². The Morgan fingerprint density at radius 2 is 1.69 bits per heavy atom. The van der Waals surface area contributed by atoms with Crippen molar-refractivity contribution in [3.8, 4) is 22.8 Å². The largest absolute Gasteiger partial charge is 0.457 e. The van der Waals surface area contributed by atoms with Gasteiger partial charge in [-0.05, 0) is 49.4 Å². The third kappa shape index (κ3) is 4.59. The van der Waals surface area contributed by atoms with E-state index < -0.39 is 0 Å². The molecular formula is C22H20N6O. The SMILES string of the molecule is Cc1cc(Oc2ccc(Nc3cc(-c4cccc(N)c4)nc(N)n3)cc2)ccn1. The van der Waals surface area contributed by atoms with E-state index in [-0.39, 0.29) is 5.95 Å². The molecule has 0 radical (unpaired) electrons. The standard InChI is InChI=1S/C22H20N6O/c1-14-11-19(9-10-25-14)29-18-7-5-17(6-8-18)26-21-13-20(27-22(24)28-21)15-3-2-4-16(23)12-15/h2-13H,23H2,1H3,(H3,24,26,27,28). The van der Waals surface area contributed by atoms with Crippen LogP contribution in [-0.2, 0) is 0 Å². The second-order valence-electron chi connectivity index (χ2n) is 6.51. The summed E-state index contributed by atoms with van der Waals surface area (Å²) in [6.07, 6.45) is 1.72. The van der Waals surface area contributed by atoms with E-state index in [1.54, 1.807) is 6.20 Å². The second kappa shape index (κ2) is 7.85. The van der Waals surface area contributed by atoms with Crippen molar-refractivity contribution in [2.75, 3.05) is 16.8 Å². The molecule has 4 rings (SSSR count). The molecule has 0 bridgehead atoms. The number of nitrogens with one attached hydrogen (secondary N) is 1. The first-order valence-electron chi connectivity index (χ1n) is 9.03. The highest BCUT2D eigenvalue weighted by Gasteiger charge is 2.06. The molecule has 0 saturated heterocycles. The molecule has 0 amide bonds. The Morgan fingerprint density at radius 1 is 0.862 bits per heavy atom. The summed E-state index contributed by atoms with van der Waals surface area (Å²) in [6.45, 7) is 1.92. The van der Waals surface area contributed by atoms with Crippen LogP contribution >= 0.6 is 0 Å². The van der Waals surface area contributed by atoms with Gasteiger partial charge in [0.1, 0.15) is 17.3 Å².